The summed E-state index contributed by atoms with van der Waals surface area (Å²) in [7, 11) is 0. The third-order valence-corrected chi connectivity index (χ3v) is 2.55. The van der Waals surface area contributed by atoms with Crippen molar-refractivity contribution in [2.24, 2.45) is 0 Å². The Kier molecular flexibility index (Phi) is 4.89. The summed E-state index contributed by atoms with van der Waals surface area (Å²) in [5.74, 6) is 0.545. The van der Waals surface area contributed by atoms with E-state index in [0.717, 1.165) is 5.56 Å². The molecular formula is C16H16N2O2. The van der Waals surface area contributed by atoms with E-state index in [-0.39, 0.29) is 5.91 Å². The molecule has 2 aromatic rings. The first-order valence-corrected chi connectivity index (χ1v) is 6.33. The van der Waals surface area contributed by atoms with Gasteiger partial charge in [-0.15, -0.1) is 0 Å². The van der Waals surface area contributed by atoms with Crippen LogP contribution in [0, 0.1) is 0 Å². The van der Waals surface area contributed by atoms with Crippen molar-refractivity contribution in [3.63, 3.8) is 0 Å². The normalized spacial score (nSPS) is 10.4. The van der Waals surface area contributed by atoms with Crippen molar-refractivity contribution in [1.82, 2.24) is 4.98 Å². The van der Waals surface area contributed by atoms with Gasteiger partial charge in [0.15, 0.2) is 0 Å². The number of anilines is 1. The van der Waals surface area contributed by atoms with Gasteiger partial charge in [0, 0.05) is 29.7 Å². The van der Waals surface area contributed by atoms with E-state index in [9.17, 15) is 4.79 Å². The van der Waals surface area contributed by atoms with E-state index in [1.807, 2.05) is 30.3 Å². The molecule has 102 valence electrons. The van der Waals surface area contributed by atoms with Gasteiger partial charge in [-0.05, 0) is 31.2 Å². The first kappa shape index (κ1) is 13.8. The third kappa shape index (κ3) is 4.24. The van der Waals surface area contributed by atoms with Crippen molar-refractivity contribution in [2.45, 2.75) is 13.5 Å². The molecule has 0 spiro atoms. The first-order valence-electron chi connectivity index (χ1n) is 6.33. The lowest BCUT2D eigenvalue weighted by atomic mass is 10.3. The summed E-state index contributed by atoms with van der Waals surface area (Å²) in [5, 5.41) is 2.76. The SMILES string of the molecule is CC=CC(=O)Nc1cccc(OCc2cccnc2)c1. The quantitative estimate of drug-likeness (QED) is 0.847. The number of hydrogen-bond donors (Lipinski definition) is 1. The fraction of sp³-hybridized carbons (Fsp3) is 0.125. The number of ether oxygens (including phenoxy) is 1. The van der Waals surface area contributed by atoms with Gasteiger partial charge < -0.3 is 10.1 Å². The number of allylic oxidation sites excluding steroid dienone is 1. The molecule has 0 radical (unpaired) electrons. The largest absolute Gasteiger partial charge is 0.489 e. The van der Waals surface area contributed by atoms with E-state index in [4.69, 9.17) is 4.74 Å². The first-order chi connectivity index (χ1) is 9.78. The van der Waals surface area contributed by atoms with Crippen LogP contribution in [0.3, 0.4) is 0 Å². The second kappa shape index (κ2) is 7.09. The number of rotatable bonds is 5. The Morgan fingerprint density at radius 3 is 3.00 bits per heavy atom. The zero-order valence-corrected chi connectivity index (χ0v) is 11.2. The molecule has 0 fully saturated rings. The van der Waals surface area contributed by atoms with Gasteiger partial charge >= 0.3 is 0 Å². The van der Waals surface area contributed by atoms with Crippen molar-refractivity contribution in [3.8, 4) is 5.75 Å². The lowest BCUT2D eigenvalue weighted by Gasteiger charge is -2.08. The Balaban J connectivity index is 1.97. The fourth-order valence-corrected chi connectivity index (χ4v) is 1.65. The van der Waals surface area contributed by atoms with Gasteiger partial charge in [-0.3, -0.25) is 9.78 Å². The van der Waals surface area contributed by atoms with E-state index < -0.39 is 0 Å². The van der Waals surface area contributed by atoms with Crippen molar-refractivity contribution < 1.29 is 9.53 Å². The van der Waals surface area contributed by atoms with Crippen LogP contribution in [-0.4, -0.2) is 10.9 Å². The molecule has 1 heterocycles. The van der Waals surface area contributed by atoms with Gasteiger partial charge in [-0.1, -0.05) is 18.2 Å². The Morgan fingerprint density at radius 1 is 1.35 bits per heavy atom. The van der Waals surface area contributed by atoms with Crippen LogP contribution >= 0.6 is 0 Å². The predicted octanol–water partition coefficient (Wildman–Crippen LogP) is 3.18. The number of benzene rings is 1. The molecule has 1 N–H and O–H groups in total. The average molecular weight is 268 g/mol. The van der Waals surface area contributed by atoms with Crippen LogP contribution in [0.1, 0.15) is 12.5 Å². The monoisotopic (exact) mass is 268 g/mol. The average Bonchev–Trinajstić information content (AvgIpc) is 2.47. The highest BCUT2D eigenvalue weighted by Crippen LogP contribution is 2.18. The van der Waals surface area contributed by atoms with Crippen molar-refractivity contribution in [3.05, 3.63) is 66.5 Å². The lowest BCUT2D eigenvalue weighted by Crippen LogP contribution is -2.07. The zero-order chi connectivity index (χ0) is 14.2. The van der Waals surface area contributed by atoms with Crippen LogP contribution in [0.25, 0.3) is 0 Å². The van der Waals surface area contributed by atoms with Crippen LogP contribution in [0.4, 0.5) is 5.69 Å². The van der Waals surface area contributed by atoms with Crippen LogP contribution < -0.4 is 10.1 Å². The molecule has 0 aliphatic rings. The van der Waals surface area contributed by atoms with Crippen LogP contribution in [0.2, 0.25) is 0 Å². The molecule has 1 aromatic heterocycles. The number of pyridine rings is 1. The summed E-state index contributed by atoms with van der Waals surface area (Å²) in [6.45, 7) is 2.24. The maximum atomic E-state index is 11.5. The molecule has 0 aliphatic carbocycles. The summed E-state index contributed by atoms with van der Waals surface area (Å²) >= 11 is 0. The predicted molar refractivity (Wildman–Crippen MR) is 78.5 cm³/mol. The molecule has 2 rings (SSSR count). The molecule has 4 heteroatoms. The summed E-state index contributed by atoms with van der Waals surface area (Å²) in [4.78, 5) is 15.5. The van der Waals surface area contributed by atoms with Gasteiger partial charge in [0.1, 0.15) is 12.4 Å². The Morgan fingerprint density at radius 2 is 2.25 bits per heavy atom. The highest BCUT2D eigenvalue weighted by atomic mass is 16.5. The Hall–Kier alpha value is -2.62. The summed E-state index contributed by atoms with van der Waals surface area (Å²) in [5.41, 5.74) is 1.70. The highest BCUT2D eigenvalue weighted by molar-refractivity contribution is 5.99. The van der Waals surface area contributed by atoms with Gasteiger partial charge in [0.05, 0.1) is 0 Å². The standard InChI is InChI=1S/C16H16N2O2/c1-2-5-16(19)18-14-7-3-8-15(10-14)20-12-13-6-4-9-17-11-13/h2-11H,12H2,1H3,(H,18,19). The maximum Gasteiger partial charge on any atom is 0.248 e. The second-order valence-corrected chi connectivity index (χ2v) is 4.17. The number of amides is 1. The maximum absolute atomic E-state index is 11.5. The third-order valence-electron chi connectivity index (χ3n) is 2.55. The molecule has 0 aliphatic heterocycles. The van der Waals surface area contributed by atoms with Crippen LogP contribution in [-0.2, 0) is 11.4 Å². The minimum atomic E-state index is -0.156. The van der Waals surface area contributed by atoms with E-state index in [1.165, 1.54) is 6.08 Å². The van der Waals surface area contributed by atoms with E-state index in [2.05, 4.69) is 10.3 Å². The number of hydrogen-bond acceptors (Lipinski definition) is 3. The summed E-state index contributed by atoms with van der Waals surface area (Å²) in [6, 6.07) is 11.1. The molecule has 4 nitrogen and oxygen atoms in total. The highest BCUT2D eigenvalue weighted by Gasteiger charge is 2.00. The van der Waals surface area contributed by atoms with Crippen molar-refractivity contribution >= 4 is 11.6 Å². The van der Waals surface area contributed by atoms with Gasteiger partial charge in [0.2, 0.25) is 5.91 Å². The van der Waals surface area contributed by atoms with Crippen molar-refractivity contribution in [1.29, 1.82) is 0 Å². The van der Waals surface area contributed by atoms with E-state index >= 15 is 0 Å². The van der Waals surface area contributed by atoms with Gasteiger partial charge in [-0.2, -0.15) is 0 Å². The number of nitrogens with one attached hydrogen (secondary N) is 1. The molecule has 0 saturated carbocycles. The molecule has 0 unspecified atom stereocenters. The molecule has 20 heavy (non-hydrogen) atoms. The smallest absolute Gasteiger partial charge is 0.248 e. The summed E-state index contributed by atoms with van der Waals surface area (Å²) < 4.78 is 5.66. The molecule has 0 atom stereocenters. The lowest BCUT2D eigenvalue weighted by molar-refractivity contribution is -0.111. The zero-order valence-electron chi connectivity index (χ0n) is 11.2. The van der Waals surface area contributed by atoms with Crippen LogP contribution in [0.5, 0.6) is 5.75 Å². The number of nitrogens with zero attached hydrogens (tertiary/aromatic N) is 1. The summed E-state index contributed by atoms with van der Waals surface area (Å²) in [6.07, 6.45) is 6.65. The minimum Gasteiger partial charge on any atom is -0.489 e. The van der Waals surface area contributed by atoms with E-state index in [1.54, 1.807) is 31.5 Å². The topological polar surface area (TPSA) is 51.2 Å². The minimum absolute atomic E-state index is 0.156. The molecule has 1 amide bonds. The van der Waals surface area contributed by atoms with Gasteiger partial charge in [0.25, 0.3) is 0 Å². The Labute approximate surface area is 118 Å². The molecule has 1 aromatic carbocycles. The molecular weight excluding hydrogens is 252 g/mol. The number of aromatic nitrogens is 1. The van der Waals surface area contributed by atoms with Crippen LogP contribution in [0.15, 0.2) is 60.9 Å². The van der Waals surface area contributed by atoms with Gasteiger partial charge in [-0.25, -0.2) is 0 Å². The second-order valence-electron chi connectivity index (χ2n) is 4.17. The number of carbonyl (C=O) groups excluding carboxylic acids is 1. The van der Waals surface area contributed by atoms with E-state index in [0.29, 0.717) is 18.0 Å². The Bertz CT molecular complexity index is 594. The fourth-order valence-electron chi connectivity index (χ4n) is 1.65. The molecule has 0 saturated heterocycles. The van der Waals surface area contributed by atoms with Crippen molar-refractivity contribution in [2.75, 3.05) is 5.32 Å². The number of carbonyl (C=O) groups is 1. The molecule has 0 bridgehead atoms.